The number of hydrogen-bond acceptors (Lipinski definition) is 5. The third-order valence-electron chi connectivity index (χ3n) is 4.30. The van der Waals surface area contributed by atoms with E-state index in [1.165, 1.54) is 7.11 Å². The Hall–Kier alpha value is -2.81. The minimum atomic E-state index is -3.37. The van der Waals surface area contributed by atoms with Crippen molar-refractivity contribution in [1.29, 1.82) is 0 Å². The van der Waals surface area contributed by atoms with Crippen LogP contribution in [0.4, 0.5) is 11.4 Å². The summed E-state index contributed by atoms with van der Waals surface area (Å²) >= 11 is 0. The lowest BCUT2D eigenvalue weighted by molar-refractivity contribution is 0.0599. The summed E-state index contributed by atoms with van der Waals surface area (Å²) in [5, 5.41) is 2.77. The Morgan fingerprint density at radius 3 is 2.24 bits per heavy atom. The second kappa shape index (κ2) is 9.60. The Labute approximate surface area is 171 Å². The van der Waals surface area contributed by atoms with Crippen molar-refractivity contribution in [1.82, 2.24) is 4.98 Å². The molecule has 1 aromatic carbocycles. The Kier molecular flexibility index (Phi) is 7.44. The fourth-order valence-corrected chi connectivity index (χ4v) is 4.20. The fraction of sp³-hybridized carbons (Fsp3) is 0.400. The van der Waals surface area contributed by atoms with Crippen LogP contribution in [0, 0.1) is 6.92 Å². The zero-order chi connectivity index (χ0) is 21.6. The van der Waals surface area contributed by atoms with Crippen LogP contribution >= 0.6 is 0 Å². The topological polar surface area (TPSA) is 117 Å². The summed E-state index contributed by atoms with van der Waals surface area (Å²) in [7, 11) is -2.07. The van der Waals surface area contributed by atoms with Gasteiger partial charge < -0.3 is 15.0 Å². The van der Waals surface area contributed by atoms with Crippen LogP contribution < -0.4 is 10.0 Å². The van der Waals surface area contributed by atoms with Gasteiger partial charge in [0.15, 0.2) is 0 Å². The molecular weight excluding hydrogens is 394 g/mol. The molecule has 1 heterocycles. The molecule has 0 aliphatic carbocycles. The predicted octanol–water partition coefficient (Wildman–Crippen LogP) is 3.47. The number of hydrogen-bond donors (Lipinski definition) is 3. The number of aromatic nitrogens is 1. The number of sulfonamides is 1. The molecule has 158 valence electrons. The van der Waals surface area contributed by atoms with Crippen molar-refractivity contribution >= 4 is 33.3 Å². The average molecular weight is 422 g/mol. The molecule has 8 nitrogen and oxygen atoms in total. The van der Waals surface area contributed by atoms with E-state index in [0.717, 1.165) is 6.42 Å². The molecule has 9 heteroatoms. The van der Waals surface area contributed by atoms with Gasteiger partial charge in [0.25, 0.3) is 5.91 Å². The highest BCUT2D eigenvalue weighted by molar-refractivity contribution is 7.92. The molecule has 3 N–H and O–H groups in total. The molecule has 2 rings (SSSR count). The summed E-state index contributed by atoms with van der Waals surface area (Å²) in [5.41, 5.74) is 2.83. The molecule has 0 aliphatic rings. The fourth-order valence-electron chi connectivity index (χ4n) is 3.06. The number of nitrogens with one attached hydrogen (secondary N) is 3. The van der Waals surface area contributed by atoms with Gasteiger partial charge in [0, 0.05) is 17.1 Å². The Bertz CT molecular complexity index is 978. The summed E-state index contributed by atoms with van der Waals surface area (Å²) in [6.45, 7) is 5.47. The second-order valence-corrected chi connectivity index (χ2v) is 8.51. The summed E-state index contributed by atoms with van der Waals surface area (Å²) in [5.74, 6) is -0.823. The van der Waals surface area contributed by atoms with Crippen molar-refractivity contribution in [2.75, 3.05) is 22.9 Å². The lowest BCUT2D eigenvalue weighted by Crippen LogP contribution is -2.17. The number of H-pyrrole nitrogens is 1. The van der Waals surface area contributed by atoms with Gasteiger partial charge in [-0.05, 0) is 49.6 Å². The first-order chi connectivity index (χ1) is 13.7. The highest BCUT2D eigenvalue weighted by Gasteiger charge is 2.24. The number of ether oxygens (including phenoxy) is 1. The van der Waals surface area contributed by atoms with E-state index in [1.54, 1.807) is 38.1 Å². The van der Waals surface area contributed by atoms with E-state index in [-0.39, 0.29) is 11.7 Å². The number of benzene rings is 1. The first kappa shape index (κ1) is 22.5. The van der Waals surface area contributed by atoms with E-state index in [0.29, 0.717) is 46.7 Å². The Morgan fingerprint density at radius 1 is 1.07 bits per heavy atom. The predicted molar refractivity (Wildman–Crippen MR) is 113 cm³/mol. The zero-order valence-corrected chi connectivity index (χ0v) is 17.9. The van der Waals surface area contributed by atoms with Crippen molar-refractivity contribution < 1.29 is 22.7 Å². The standard InChI is InChI=1S/C20H27N3O5S/c1-5-7-16-17(20(25)28-4)13(3)21-18(16)19(24)22-14-8-10-15(11-9-14)23-29(26,27)12-6-2/h8-11,21,23H,5-7,12H2,1-4H3,(H,22,24). The molecule has 0 spiro atoms. The van der Waals surface area contributed by atoms with Crippen LogP contribution in [0.5, 0.6) is 0 Å². The lowest BCUT2D eigenvalue weighted by atomic mass is 10.0. The van der Waals surface area contributed by atoms with Gasteiger partial charge in [-0.3, -0.25) is 9.52 Å². The second-order valence-electron chi connectivity index (χ2n) is 6.67. The number of rotatable bonds is 9. The van der Waals surface area contributed by atoms with Crippen LogP contribution in [0.3, 0.4) is 0 Å². The maximum atomic E-state index is 12.8. The number of carbonyl (C=O) groups is 2. The van der Waals surface area contributed by atoms with Crippen LogP contribution in [-0.2, 0) is 21.2 Å². The molecule has 1 aromatic heterocycles. The van der Waals surface area contributed by atoms with Crippen molar-refractivity contribution in [2.45, 2.75) is 40.0 Å². The number of aromatic amines is 1. The molecule has 2 aromatic rings. The van der Waals surface area contributed by atoms with Gasteiger partial charge in [0.1, 0.15) is 5.69 Å². The number of anilines is 2. The van der Waals surface area contributed by atoms with E-state index in [1.807, 2.05) is 6.92 Å². The minimum Gasteiger partial charge on any atom is -0.465 e. The van der Waals surface area contributed by atoms with E-state index in [9.17, 15) is 18.0 Å². The first-order valence-electron chi connectivity index (χ1n) is 9.44. The molecule has 0 fully saturated rings. The van der Waals surface area contributed by atoms with Crippen LogP contribution in [0.15, 0.2) is 24.3 Å². The Morgan fingerprint density at radius 2 is 1.69 bits per heavy atom. The SMILES string of the molecule is CCCc1c(C(=O)Nc2ccc(NS(=O)(=O)CCC)cc2)[nH]c(C)c1C(=O)OC. The molecule has 0 unspecified atom stereocenters. The van der Waals surface area contributed by atoms with Gasteiger partial charge in [0.05, 0.1) is 18.4 Å². The largest absolute Gasteiger partial charge is 0.465 e. The molecule has 0 saturated carbocycles. The van der Waals surface area contributed by atoms with E-state index < -0.39 is 16.0 Å². The number of amides is 1. The average Bonchev–Trinajstić information content (AvgIpc) is 2.99. The molecule has 1 amide bonds. The summed E-state index contributed by atoms with van der Waals surface area (Å²) in [6, 6.07) is 6.38. The van der Waals surface area contributed by atoms with Crippen molar-refractivity contribution in [3.63, 3.8) is 0 Å². The smallest absolute Gasteiger partial charge is 0.339 e. The number of methoxy groups -OCH3 is 1. The van der Waals surface area contributed by atoms with Gasteiger partial charge in [-0.25, -0.2) is 13.2 Å². The molecule has 0 saturated heterocycles. The van der Waals surface area contributed by atoms with Crippen molar-refractivity contribution in [3.05, 3.63) is 46.8 Å². The normalized spacial score (nSPS) is 11.2. The van der Waals surface area contributed by atoms with E-state index >= 15 is 0 Å². The monoisotopic (exact) mass is 421 g/mol. The van der Waals surface area contributed by atoms with Gasteiger partial charge in [-0.15, -0.1) is 0 Å². The third kappa shape index (κ3) is 5.60. The van der Waals surface area contributed by atoms with Crippen molar-refractivity contribution in [2.24, 2.45) is 0 Å². The summed E-state index contributed by atoms with van der Waals surface area (Å²) in [4.78, 5) is 27.9. The van der Waals surface area contributed by atoms with Crippen molar-refractivity contribution in [3.8, 4) is 0 Å². The zero-order valence-electron chi connectivity index (χ0n) is 17.1. The van der Waals surface area contributed by atoms with E-state index in [4.69, 9.17) is 4.74 Å². The highest BCUT2D eigenvalue weighted by Crippen LogP contribution is 2.23. The highest BCUT2D eigenvalue weighted by atomic mass is 32.2. The van der Waals surface area contributed by atoms with E-state index in [2.05, 4.69) is 15.0 Å². The maximum Gasteiger partial charge on any atom is 0.339 e. The van der Waals surface area contributed by atoms with Crippen LogP contribution in [0.25, 0.3) is 0 Å². The lowest BCUT2D eigenvalue weighted by Gasteiger charge is -2.10. The molecule has 0 atom stereocenters. The minimum absolute atomic E-state index is 0.0421. The van der Waals surface area contributed by atoms with Gasteiger partial charge in [0.2, 0.25) is 10.0 Å². The molecule has 0 radical (unpaired) electrons. The Balaban J connectivity index is 2.21. The number of esters is 1. The summed E-state index contributed by atoms with van der Waals surface area (Å²) in [6.07, 6.45) is 1.83. The third-order valence-corrected chi connectivity index (χ3v) is 5.79. The van der Waals surface area contributed by atoms with Crippen LogP contribution in [0.1, 0.15) is 58.8 Å². The quantitative estimate of drug-likeness (QED) is 0.536. The molecular formula is C20H27N3O5S. The maximum absolute atomic E-state index is 12.8. The first-order valence-corrected chi connectivity index (χ1v) is 11.1. The number of aryl methyl sites for hydroxylation is 1. The van der Waals surface area contributed by atoms with Gasteiger partial charge >= 0.3 is 5.97 Å². The van der Waals surface area contributed by atoms with Crippen LogP contribution in [0.2, 0.25) is 0 Å². The van der Waals surface area contributed by atoms with Gasteiger partial charge in [-0.1, -0.05) is 20.3 Å². The molecule has 29 heavy (non-hydrogen) atoms. The number of carbonyl (C=O) groups excluding carboxylic acids is 2. The van der Waals surface area contributed by atoms with Gasteiger partial charge in [-0.2, -0.15) is 0 Å². The summed E-state index contributed by atoms with van der Waals surface area (Å²) < 4.78 is 31.0. The molecule has 0 aliphatic heterocycles. The van der Waals surface area contributed by atoms with Crippen LogP contribution in [-0.4, -0.2) is 38.1 Å². The molecule has 0 bridgehead atoms.